The Morgan fingerprint density at radius 3 is 2.33 bits per heavy atom. The number of fused-ring (bicyclic) bond motifs is 1. The van der Waals surface area contributed by atoms with Crippen LogP contribution in [0, 0.1) is 0 Å². The smallest absolute Gasteiger partial charge is 0.329 e. The van der Waals surface area contributed by atoms with Crippen molar-refractivity contribution >= 4 is 40.2 Å². The lowest BCUT2D eigenvalue weighted by Gasteiger charge is -2.11. The molecule has 3 aromatic rings. The van der Waals surface area contributed by atoms with Gasteiger partial charge in [-0.3, -0.25) is 9.59 Å². The third kappa shape index (κ3) is 4.49. The molecular weight excluding hydrogens is 340 g/mol. The normalized spacial score (nSPS) is 10.7. The molecule has 0 saturated carbocycles. The molecule has 0 aromatic heterocycles. The molecule has 0 spiro atoms. The van der Waals surface area contributed by atoms with Gasteiger partial charge in [0.2, 0.25) is 0 Å². The number of benzene rings is 3. The molecular formula is C21H20N4O2. The lowest BCUT2D eigenvalue weighted by Crippen LogP contribution is -2.32. The fourth-order valence-corrected chi connectivity index (χ4v) is 2.59. The fraction of sp³-hybridized carbons (Fsp3) is 0.0952. The van der Waals surface area contributed by atoms with Gasteiger partial charge in [-0.25, -0.2) is 5.43 Å². The Labute approximate surface area is 157 Å². The van der Waals surface area contributed by atoms with Gasteiger partial charge in [0.05, 0.1) is 6.21 Å². The van der Waals surface area contributed by atoms with Gasteiger partial charge in [0.25, 0.3) is 0 Å². The highest BCUT2D eigenvalue weighted by Crippen LogP contribution is 2.22. The van der Waals surface area contributed by atoms with E-state index >= 15 is 0 Å². The minimum atomic E-state index is -0.830. The largest absolute Gasteiger partial charge is 0.378 e. The number of carbonyl (C=O) groups excluding carboxylic acids is 2. The molecule has 6 nitrogen and oxygen atoms in total. The molecule has 2 N–H and O–H groups in total. The van der Waals surface area contributed by atoms with Crippen LogP contribution in [0.25, 0.3) is 10.8 Å². The lowest BCUT2D eigenvalue weighted by atomic mass is 10.1. The van der Waals surface area contributed by atoms with E-state index in [0.29, 0.717) is 5.69 Å². The Hall–Kier alpha value is -3.67. The molecule has 6 heteroatoms. The second-order valence-electron chi connectivity index (χ2n) is 6.17. The van der Waals surface area contributed by atoms with Gasteiger partial charge in [0, 0.05) is 30.9 Å². The highest BCUT2D eigenvalue weighted by atomic mass is 16.2. The molecule has 0 unspecified atom stereocenters. The molecule has 2 amide bonds. The van der Waals surface area contributed by atoms with Gasteiger partial charge >= 0.3 is 11.8 Å². The minimum absolute atomic E-state index is 0.580. The standard InChI is InChI=1S/C21H20N4O2/c1-25(2)17-12-10-15(11-13-17)14-22-24-21(27)20(26)23-19-9-5-7-16-6-3-4-8-18(16)19/h3-14H,1-2H3,(H,23,26)(H,24,27)/b22-14-. The molecule has 0 fully saturated rings. The molecule has 27 heavy (non-hydrogen) atoms. The monoisotopic (exact) mass is 360 g/mol. The Morgan fingerprint density at radius 1 is 0.889 bits per heavy atom. The number of nitrogens with one attached hydrogen (secondary N) is 2. The highest BCUT2D eigenvalue weighted by molar-refractivity contribution is 6.40. The predicted molar refractivity (Wildman–Crippen MR) is 109 cm³/mol. The summed E-state index contributed by atoms with van der Waals surface area (Å²) < 4.78 is 0. The van der Waals surface area contributed by atoms with E-state index in [9.17, 15) is 9.59 Å². The van der Waals surface area contributed by atoms with Crippen molar-refractivity contribution in [1.82, 2.24) is 5.43 Å². The Bertz CT molecular complexity index is 989. The van der Waals surface area contributed by atoms with E-state index in [1.54, 1.807) is 6.07 Å². The third-order valence-corrected chi connectivity index (χ3v) is 4.03. The van der Waals surface area contributed by atoms with Crippen molar-refractivity contribution in [2.24, 2.45) is 5.10 Å². The molecule has 0 aliphatic rings. The van der Waals surface area contributed by atoms with Gasteiger partial charge in [-0.2, -0.15) is 5.10 Å². The van der Waals surface area contributed by atoms with Crippen LogP contribution in [0.5, 0.6) is 0 Å². The summed E-state index contributed by atoms with van der Waals surface area (Å²) in [6, 6.07) is 20.8. The maximum absolute atomic E-state index is 12.1. The maximum Gasteiger partial charge on any atom is 0.329 e. The van der Waals surface area contributed by atoms with E-state index in [4.69, 9.17) is 0 Å². The van der Waals surface area contributed by atoms with Crippen LogP contribution in [0.4, 0.5) is 11.4 Å². The second kappa shape index (κ2) is 8.14. The van der Waals surface area contributed by atoms with Gasteiger partial charge in [-0.15, -0.1) is 0 Å². The number of carbonyl (C=O) groups is 2. The molecule has 0 saturated heterocycles. The van der Waals surface area contributed by atoms with E-state index in [1.165, 1.54) is 6.21 Å². The van der Waals surface area contributed by atoms with Crippen LogP contribution >= 0.6 is 0 Å². The van der Waals surface area contributed by atoms with Crippen molar-refractivity contribution in [2.45, 2.75) is 0 Å². The predicted octanol–water partition coefficient (Wildman–Crippen LogP) is 2.99. The molecule has 0 aliphatic carbocycles. The van der Waals surface area contributed by atoms with Crippen molar-refractivity contribution in [3.63, 3.8) is 0 Å². The summed E-state index contributed by atoms with van der Waals surface area (Å²) in [7, 11) is 3.91. The molecule has 0 heterocycles. The third-order valence-electron chi connectivity index (χ3n) is 4.03. The second-order valence-corrected chi connectivity index (χ2v) is 6.17. The zero-order chi connectivity index (χ0) is 19.2. The van der Waals surface area contributed by atoms with Crippen LogP contribution in [-0.4, -0.2) is 32.1 Å². The van der Waals surface area contributed by atoms with E-state index in [1.807, 2.05) is 79.7 Å². The first-order valence-corrected chi connectivity index (χ1v) is 8.44. The molecule has 3 rings (SSSR count). The van der Waals surface area contributed by atoms with Crippen LogP contribution < -0.4 is 15.6 Å². The van der Waals surface area contributed by atoms with Gasteiger partial charge in [0.1, 0.15) is 0 Å². The molecule has 0 radical (unpaired) electrons. The first-order chi connectivity index (χ1) is 13.0. The van der Waals surface area contributed by atoms with Crippen LogP contribution in [0.1, 0.15) is 5.56 Å². The first kappa shape index (κ1) is 18.1. The van der Waals surface area contributed by atoms with E-state index in [-0.39, 0.29) is 0 Å². The summed E-state index contributed by atoms with van der Waals surface area (Å²) in [6.45, 7) is 0. The van der Waals surface area contributed by atoms with Crippen molar-refractivity contribution in [3.8, 4) is 0 Å². The summed E-state index contributed by atoms with van der Waals surface area (Å²) in [4.78, 5) is 26.1. The quantitative estimate of drug-likeness (QED) is 0.427. The number of rotatable bonds is 4. The summed E-state index contributed by atoms with van der Waals surface area (Å²) in [5.74, 6) is -1.60. The van der Waals surface area contributed by atoms with Gasteiger partial charge in [-0.05, 0) is 29.1 Å². The maximum atomic E-state index is 12.1. The van der Waals surface area contributed by atoms with Crippen molar-refractivity contribution in [1.29, 1.82) is 0 Å². The molecule has 3 aromatic carbocycles. The summed E-state index contributed by atoms with van der Waals surface area (Å²) in [5, 5.41) is 8.31. The summed E-state index contributed by atoms with van der Waals surface area (Å²) >= 11 is 0. The zero-order valence-electron chi connectivity index (χ0n) is 15.1. The highest BCUT2D eigenvalue weighted by Gasteiger charge is 2.14. The van der Waals surface area contributed by atoms with Crippen molar-refractivity contribution in [3.05, 3.63) is 72.3 Å². The number of hydrogen-bond acceptors (Lipinski definition) is 4. The first-order valence-electron chi connectivity index (χ1n) is 8.44. The van der Waals surface area contributed by atoms with Crippen molar-refractivity contribution < 1.29 is 9.59 Å². The van der Waals surface area contributed by atoms with E-state index in [2.05, 4.69) is 15.8 Å². The van der Waals surface area contributed by atoms with Gasteiger partial charge < -0.3 is 10.2 Å². The molecule has 0 atom stereocenters. The van der Waals surface area contributed by atoms with Crippen LogP contribution in [0.2, 0.25) is 0 Å². The average Bonchev–Trinajstić information content (AvgIpc) is 2.68. The number of nitrogens with zero attached hydrogens (tertiary/aromatic N) is 2. The SMILES string of the molecule is CN(C)c1ccc(/C=N\NC(=O)C(=O)Nc2cccc3ccccc23)cc1. The molecule has 136 valence electrons. The average molecular weight is 360 g/mol. The van der Waals surface area contributed by atoms with Gasteiger partial charge in [-0.1, -0.05) is 48.5 Å². The minimum Gasteiger partial charge on any atom is -0.378 e. The number of hydrogen-bond donors (Lipinski definition) is 2. The summed E-state index contributed by atoms with van der Waals surface area (Å²) in [6.07, 6.45) is 1.49. The zero-order valence-corrected chi connectivity index (χ0v) is 15.1. The van der Waals surface area contributed by atoms with Gasteiger partial charge in [0.15, 0.2) is 0 Å². The molecule has 0 bridgehead atoms. The van der Waals surface area contributed by atoms with Crippen LogP contribution in [0.3, 0.4) is 0 Å². The number of amides is 2. The Balaban J connectivity index is 1.61. The van der Waals surface area contributed by atoms with E-state index < -0.39 is 11.8 Å². The fourth-order valence-electron chi connectivity index (χ4n) is 2.59. The number of anilines is 2. The Morgan fingerprint density at radius 2 is 1.59 bits per heavy atom. The summed E-state index contributed by atoms with van der Waals surface area (Å²) in [5.41, 5.74) is 4.70. The van der Waals surface area contributed by atoms with Crippen LogP contribution in [0.15, 0.2) is 71.8 Å². The Kier molecular flexibility index (Phi) is 5.47. The van der Waals surface area contributed by atoms with E-state index in [0.717, 1.165) is 22.0 Å². The lowest BCUT2D eigenvalue weighted by molar-refractivity contribution is -0.136. The molecule has 0 aliphatic heterocycles. The van der Waals surface area contributed by atoms with Crippen molar-refractivity contribution in [2.75, 3.05) is 24.3 Å². The topological polar surface area (TPSA) is 73.8 Å². The van der Waals surface area contributed by atoms with Crippen LogP contribution in [-0.2, 0) is 9.59 Å². The number of hydrazone groups is 1.